The molecule has 0 saturated heterocycles. The lowest BCUT2D eigenvalue weighted by atomic mass is 10.0. The van der Waals surface area contributed by atoms with Gasteiger partial charge in [-0.2, -0.15) is 0 Å². The summed E-state index contributed by atoms with van der Waals surface area (Å²) in [5, 5.41) is 9.69. The maximum atomic E-state index is 9.69. The zero-order valence-corrected chi connectivity index (χ0v) is 9.92. The molecular formula is C14H22O. The summed E-state index contributed by atoms with van der Waals surface area (Å²) in [5.74, 6) is 0.462. The molecule has 0 aromatic heterocycles. The topological polar surface area (TPSA) is 20.2 Å². The Kier molecular flexibility index (Phi) is 5.23. The number of rotatable bonds is 6. The predicted molar refractivity (Wildman–Crippen MR) is 65.3 cm³/mol. The molecule has 0 amide bonds. The lowest BCUT2D eigenvalue weighted by Crippen LogP contribution is -1.89. The fourth-order valence-electron chi connectivity index (χ4n) is 1.80. The molecule has 0 unspecified atom stereocenters. The summed E-state index contributed by atoms with van der Waals surface area (Å²) < 4.78 is 0. The molecule has 0 spiro atoms. The number of phenolic OH excluding ortho intramolecular Hbond substituents is 1. The lowest BCUT2D eigenvalue weighted by Gasteiger charge is -2.06. The normalized spacial score (nSPS) is 10.5. The average molecular weight is 206 g/mol. The van der Waals surface area contributed by atoms with E-state index >= 15 is 0 Å². The summed E-state index contributed by atoms with van der Waals surface area (Å²) in [5.41, 5.74) is 2.43. The van der Waals surface area contributed by atoms with Crippen LogP contribution in [0.4, 0.5) is 0 Å². The van der Waals surface area contributed by atoms with Crippen LogP contribution in [0.25, 0.3) is 0 Å². The van der Waals surface area contributed by atoms with E-state index in [1.165, 1.54) is 31.2 Å². The molecule has 1 heteroatoms. The number of unbranched alkanes of at least 4 members (excludes halogenated alkanes) is 3. The number of hydrogen-bond donors (Lipinski definition) is 1. The van der Waals surface area contributed by atoms with Crippen molar-refractivity contribution < 1.29 is 5.11 Å². The highest BCUT2D eigenvalue weighted by Crippen LogP contribution is 2.21. The highest BCUT2D eigenvalue weighted by Gasteiger charge is 2.01. The Labute approximate surface area is 93.1 Å². The van der Waals surface area contributed by atoms with Gasteiger partial charge >= 0.3 is 0 Å². The minimum Gasteiger partial charge on any atom is -0.508 e. The third kappa shape index (κ3) is 3.94. The number of aromatic hydroxyl groups is 1. The van der Waals surface area contributed by atoms with E-state index in [-0.39, 0.29) is 0 Å². The standard InChI is InChI=1S/C14H22O/c1-3-5-6-7-8-13-11-12(4-2)9-10-14(13)15/h9-11,15H,3-8H2,1-2H3. The Balaban J connectivity index is 2.51. The average Bonchev–Trinajstić information content (AvgIpc) is 2.26. The monoisotopic (exact) mass is 206 g/mol. The second-order valence-electron chi connectivity index (χ2n) is 4.13. The lowest BCUT2D eigenvalue weighted by molar-refractivity contribution is 0.466. The highest BCUT2D eigenvalue weighted by atomic mass is 16.3. The number of hydrogen-bond acceptors (Lipinski definition) is 1. The Morgan fingerprint density at radius 2 is 1.87 bits per heavy atom. The van der Waals surface area contributed by atoms with Crippen molar-refractivity contribution in [1.82, 2.24) is 0 Å². The summed E-state index contributed by atoms with van der Waals surface area (Å²) in [4.78, 5) is 0. The highest BCUT2D eigenvalue weighted by molar-refractivity contribution is 5.36. The molecule has 0 aliphatic carbocycles. The van der Waals surface area contributed by atoms with Gasteiger partial charge in [0.2, 0.25) is 0 Å². The quantitative estimate of drug-likeness (QED) is 0.695. The van der Waals surface area contributed by atoms with Crippen molar-refractivity contribution >= 4 is 0 Å². The Bertz CT molecular complexity index is 291. The fourth-order valence-corrected chi connectivity index (χ4v) is 1.80. The summed E-state index contributed by atoms with van der Waals surface area (Å²) in [6, 6.07) is 5.97. The molecule has 1 aromatic rings. The maximum Gasteiger partial charge on any atom is 0.118 e. The molecule has 84 valence electrons. The minimum absolute atomic E-state index is 0.462. The van der Waals surface area contributed by atoms with Crippen molar-refractivity contribution in [3.63, 3.8) is 0 Å². The second-order valence-corrected chi connectivity index (χ2v) is 4.13. The molecule has 0 atom stereocenters. The third-order valence-corrected chi connectivity index (χ3v) is 2.85. The van der Waals surface area contributed by atoms with Gasteiger partial charge in [-0.05, 0) is 36.5 Å². The molecular weight excluding hydrogens is 184 g/mol. The summed E-state index contributed by atoms with van der Waals surface area (Å²) in [6.45, 7) is 4.36. The largest absolute Gasteiger partial charge is 0.508 e. The molecule has 1 N–H and O–H groups in total. The van der Waals surface area contributed by atoms with Crippen LogP contribution in [-0.2, 0) is 12.8 Å². The first-order valence-corrected chi connectivity index (χ1v) is 6.08. The van der Waals surface area contributed by atoms with Crippen LogP contribution in [-0.4, -0.2) is 5.11 Å². The molecule has 0 radical (unpaired) electrons. The molecule has 1 nitrogen and oxygen atoms in total. The summed E-state index contributed by atoms with van der Waals surface area (Å²) in [6.07, 6.45) is 7.08. The van der Waals surface area contributed by atoms with Crippen LogP contribution >= 0.6 is 0 Å². The number of phenols is 1. The first-order chi connectivity index (χ1) is 7.27. The van der Waals surface area contributed by atoms with Gasteiger partial charge in [0.25, 0.3) is 0 Å². The van der Waals surface area contributed by atoms with Crippen molar-refractivity contribution in [2.45, 2.75) is 52.4 Å². The van der Waals surface area contributed by atoms with E-state index in [1.54, 1.807) is 0 Å². The maximum absolute atomic E-state index is 9.69. The van der Waals surface area contributed by atoms with Crippen LogP contribution in [0.15, 0.2) is 18.2 Å². The molecule has 0 aliphatic heterocycles. The van der Waals surface area contributed by atoms with Gasteiger partial charge in [0.15, 0.2) is 0 Å². The van der Waals surface area contributed by atoms with Crippen molar-refractivity contribution in [2.75, 3.05) is 0 Å². The van der Waals surface area contributed by atoms with Gasteiger partial charge in [-0.1, -0.05) is 45.2 Å². The zero-order chi connectivity index (χ0) is 11.1. The van der Waals surface area contributed by atoms with Crippen molar-refractivity contribution in [3.8, 4) is 5.75 Å². The van der Waals surface area contributed by atoms with Gasteiger partial charge in [0.05, 0.1) is 0 Å². The third-order valence-electron chi connectivity index (χ3n) is 2.85. The van der Waals surface area contributed by atoms with Crippen LogP contribution in [0.5, 0.6) is 5.75 Å². The van der Waals surface area contributed by atoms with Crippen LogP contribution in [0, 0.1) is 0 Å². The van der Waals surface area contributed by atoms with E-state index in [2.05, 4.69) is 19.9 Å². The van der Waals surface area contributed by atoms with Gasteiger partial charge in [-0.25, -0.2) is 0 Å². The molecule has 0 bridgehead atoms. The van der Waals surface area contributed by atoms with Gasteiger partial charge in [-0.15, -0.1) is 0 Å². The smallest absolute Gasteiger partial charge is 0.118 e. The predicted octanol–water partition coefficient (Wildman–Crippen LogP) is 4.08. The van der Waals surface area contributed by atoms with Gasteiger partial charge in [0.1, 0.15) is 5.75 Å². The zero-order valence-electron chi connectivity index (χ0n) is 9.92. The second kappa shape index (κ2) is 6.49. The van der Waals surface area contributed by atoms with E-state index in [9.17, 15) is 5.11 Å². The van der Waals surface area contributed by atoms with E-state index in [0.29, 0.717) is 5.75 Å². The molecule has 0 fully saturated rings. The van der Waals surface area contributed by atoms with Gasteiger partial charge < -0.3 is 5.11 Å². The minimum atomic E-state index is 0.462. The van der Waals surface area contributed by atoms with E-state index in [0.717, 1.165) is 18.4 Å². The van der Waals surface area contributed by atoms with Crippen molar-refractivity contribution in [3.05, 3.63) is 29.3 Å². The Morgan fingerprint density at radius 1 is 1.07 bits per heavy atom. The van der Waals surface area contributed by atoms with E-state index in [1.807, 2.05) is 12.1 Å². The van der Waals surface area contributed by atoms with Crippen LogP contribution < -0.4 is 0 Å². The number of benzene rings is 1. The van der Waals surface area contributed by atoms with E-state index in [4.69, 9.17) is 0 Å². The van der Waals surface area contributed by atoms with Gasteiger partial charge in [-0.3, -0.25) is 0 Å². The van der Waals surface area contributed by atoms with Gasteiger partial charge in [0, 0.05) is 0 Å². The Hall–Kier alpha value is -0.980. The molecule has 1 aromatic carbocycles. The van der Waals surface area contributed by atoms with E-state index < -0.39 is 0 Å². The van der Waals surface area contributed by atoms with Crippen molar-refractivity contribution in [1.29, 1.82) is 0 Å². The van der Waals surface area contributed by atoms with Crippen LogP contribution in [0.1, 0.15) is 50.7 Å². The Morgan fingerprint density at radius 3 is 2.53 bits per heavy atom. The van der Waals surface area contributed by atoms with Crippen LogP contribution in [0.3, 0.4) is 0 Å². The van der Waals surface area contributed by atoms with Crippen LogP contribution in [0.2, 0.25) is 0 Å². The SMILES string of the molecule is CCCCCCc1cc(CC)ccc1O. The summed E-state index contributed by atoms with van der Waals surface area (Å²) in [7, 11) is 0. The molecule has 15 heavy (non-hydrogen) atoms. The first-order valence-electron chi connectivity index (χ1n) is 6.08. The fraction of sp³-hybridized carbons (Fsp3) is 0.571. The molecule has 0 saturated carbocycles. The molecule has 0 heterocycles. The number of aryl methyl sites for hydroxylation is 2. The molecule has 0 aliphatic rings. The first kappa shape index (κ1) is 12.1. The van der Waals surface area contributed by atoms with Crippen molar-refractivity contribution in [2.24, 2.45) is 0 Å². The molecule has 1 rings (SSSR count). The summed E-state index contributed by atoms with van der Waals surface area (Å²) >= 11 is 0.